The number of hydrogen-bond acceptors (Lipinski definition) is 5. The third-order valence-corrected chi connectivity index (χ3v) is 5.74. The minimum Gasteiger partial charge on any atom is -0.396 e. The fourth-order valence-electron chi connectivity index (χ4n) is 3.87. The molecule has 0 aliphatic carbocycles. The van der Waals surface area contributed by atoms with Gasteiger partial charge in [0.15, 0.2) is 5.82 Å². The van der Waals surface area contributed by atoms with Crippen molar-refractivity contribution in [3.05, 3.63) is 59.1 Å². The zero-order chi connectivity index (χ0) is 20.7. The number of nitrogen functional groups attached to an aromatic ring is 1. The average molecular weight is 466 g/mol. The number of rotatable bonds is 3. The number of aromatic nitrogens is 5. The number of fused-ring (bicyclic) bond motifs is 1. The van der Waals surface area contributed by atoms with E-state index in [-0.39, 0.29) is 5.91 Å². The molecule has 4 aromatic rings. The SMILES string of the molecule is Nc1cnn(-c2cc(-c3cccc4c(C(=O)N5CCCCC5)cnn34)cc(Br)n2)c1. The summed E-state index contributed by atoms with van der Waals surface area (Å²) in [5.41, 5.74) is 9.54. The highest BCUT2D eigenvalue weighted by molar-refractivity contribution is 9.10. The Morgan fingerprint density at radius 3 is 2.67 bits per heavy atom. The van der Waals surface area contributed by atoms with Gasteiger partial charge in [0.2, 0.25) is 0 Å². The van der Waals surface area contributed by atoms with Gasteiger partial charge >= 0.3 is 0 Å². The molecule has 5 rings (SSSR count). The van der Waals surface area contributed by atoms with E-state index in [0.717, 1.165) is 42.7 Å². The van der Waals surface area contributed by atoms with Crippen molar-refractivity contribution < 1.29 is 4.79 Å². The molecule has 1 fully saturated rings. The molecule has 0 radical (unpaired) electrons. The summed E-state index contributed by atoms with van der Waals surface area (Å²) >= 11 is 3.49. The van der Waals surface area contributed by atoms with Crippen molar-refractivity contribution >= 4 is 33.0 Å². The van der Waals surface area contributed by atoms with Gasteiger partial charge in [-0.1, -0.05) is 6.07 Å². The number of halogens is 1. The Morgan fingerprint density at radius 2 is 1.90 bits per heavy atom. The van der Waals surface area contributed by atoms with Crippen LogP contribution in [0.25, 0.3) is 22.6 Å². The molecule has 1 aliphatic heterocycles. The minimum atomic E-state index is 0.0467. The Kier molecular flexibility index (Phi) is 4.74. The normalized spacial score (nSPS) is 14.4. The summed E-state index contributed by atoms with van der Waals surface area (Å²) in [5.74, 6) is 0.676. The topological polar surface area (TPSA) is 94.3 Å². The number of nitrogens with zero attached hydrogens (tertiary/aromatic N) is 6. The first-order chi connectivity index (χ1) is 14.6. The summed E-state index contributed by atoms with van der Waals surface area (Å²) in [6.45, 7) is 1.62. The predicted octanol–water partition coefficient (Wildman–Crippen LogP) is 3.55. The molecule has 5 heterocycles. The first-order valence-corrected chi connectivity index (χ1v) is 10.6. The number of pyridine rings is 2. The molecule has 4 aromatic heterocycles. The molecule has 0 unspecified atom stereocenters. The first-order valence-electron chi connectivity index (χ1n) is 9.85. The number of carbonyl (C=O) groups excluding carboxylic acids is 1. The second kappa shape index (κ2) is 7.56. The Bertz CT molecular complexity index is 1240. The lowest BCUT2D eigenvalue weighted by Gasteiger charge is -2.26. The molecule has 0 saturated carbocycles. The maximum absolute atomic E-state index is 13.0. The van der Waals surface area contributed by atoms with Crippen LogP contribution in [-0.4, -0.2) is 48.3 Å². The third-order valence-electron chi connectivity index (χ3n) is 5.33. The van der Waals surface area contributed by atoms with Crippen LogP contribution in [0, 0.1) is 0 Å². The van der Waals surface area contributed by atoms with Gasteiger partial charge in [0.1, 0.15) is 4.60 Å². The number of piperidine rings is 1. The average Bonchev–Trinajstić information content (AvgIpc) is 3.39. The summed E-state index contributed by atoms with van der Waals surface area (Å²) in [6, 6.07) is 9.68. The van der Waals surface area contributed by atoms with Crippen LogP contribution < -0.4 is 5.73 Å². The molecule has 9 heteroatoms. The number of carbonyl (C=O) groups is 1. The molecule has 2 N–H and O–H groups in total. The van der Waals surface area contributed by atoms with Crippen LogP contribution in [0.3, 0.4) is 0 Å². The number of amides is 1. The molecular weight excluding hydrogens is 446 g/mol. The summed E-state index contributed by atoms with van der Waals surface area (Å²) < 4.78 is 4.09. The second-order valence-electron chi connectivity index (χ2n) is 7.37. The molecule has 8 nitrogen and oxygen atoms in total. The fraction of sp³-hybridized carbons (Fsp3) is 0.238. The fourth-order valence-corrected chi connectivity index (χ4v) is 4.30. The van der Waals surface area contributed by atoms with Crippen molar-refractivity contribution in [1.82, 2.24) is 29.3 Å². The van der Waals surface area contributed by atoms with E-state index in [1.165, 1.54) is 6.42 Å². The third kappa shape index (κ3) is 3.35. The number of likely N-dealkylation sites (tertiary alicyclic amines) is 1. The van der Waals surface area contributed by atoms with E-state index >= 15 is 0 Å². The Labute approximate surface area is 181 Å². The summed E-state index contributed by atoms with van der Waals surface area (Å²) in [4.78, 5) is 19.5. The van der Waals surface area contributed by atoms with Gasteiger partial charge < -0.3 is 10.6 Å². The van der Waals surface area contributed by atoms with Gasteiger partial charge in [-0.25, -0.2) is 14.2 Å². The van der Waals surface area contributed by atoms with Gasteiger partial charge in [-0.15, -0.1) is 0 Å². The largest absolute Gasteiger partial charge is 0.396 e. The van der Waals surface area contributed by atoms with Gasteiger partial charge in [0.25, 0.3) is 5.91 Å². The lowest BCUT2D eigenvalue weighted by molar-refractivity contribution is 0.0726. The van der Waals surface area contributed by atoms with Crippen LogP contribution in [0.15, 0.2) is 53.5 Å². The predicted molar refractivity (Wildman–Crippen MR) is 117 cm³/mol. The molecule has 0 atom stereocenters. The highest BCUT2D eigenvalue weighted by Crippen LogP contribution is 2.27. The van der Waals surface area contributed by atoms with Gasteiger partial charge in [-0.05, 0) is 59.5 Å². The van der Waals surface area contributed by atoms with Crippen molar-refractivity contribution in [1.29, 1.82) is 0 Å². The van der Waals surface area contributed by atoms with E-state index in [9.17, 15) is 4.79 Å². The van der Waals surface area contributed by atoms with E-state index in [4.69, 9.17) is 5.73 Å². The zero-order valence-corrected chi connectivity index (χ0v) is 17.8. The Morgan fingerprint density at radius 1 is 1.07 bits per heavy atom. The standard InChI is InChI=1S/C21H20BrN7O/c22-19-9-14(10-20(26-19)28-13-15(23)11-24-28)17-5-4-6-18-16(12-25-29(17)18)21(30)27-7-2-1-3-8-27/h4-6,9-13H,1-3,7-8,23H2. The van der Waals surface area contributed by atoms with Crippen molar-refractivity contribution in [2.24, 2.45) is 0 Å². The van der Waals surface area contributed by atoms with Crippen LogP contribution in [-0.2, 0) is 0 Å². The van der Waals surface area contributed by atoms with E-state index in [1.54, 1.807) is 27.8 Å². The van der Waals surface area contributed by atoms with Crippen molar-refractivity contribution in [2.45, 2.75) is 19.3 Å². The molecule has 152 valence electrons. The van der Waals surface area contributed by atoms with E-state index in [1.807, 2.05) is 35.2 Å². The lowest BCUT2D eigenvalue weighted by atomic mass is 10.1. The van der Waals surface area contributed by atoms with Crippen molar-refractivity contribution in [2.75, 3.05) is 18.8 Å². The molecular formula is C21H20BrN7O. The van der Waals surface area contributed by atoms with Crippen molar-refractivity contribution in [3.63, 3.8) is 0 Å². The Balaban J connectivity index is 1.58. The number of hydrogen-bond donors (Lipinski definition) is 1. The minimum absolute atomic E-state index is 0.0467. The van der Waals surface area contributed by atoms with Gasteiger partial charge in [-0.2, -0.15) is 10.2 Å². The van der Waals surface area contributed by atoms with Gasteiger partial charge in [0.05, 0.1) is 41.1 Å². The molecule has 0 aromatic carbocycles. The van der Waals surface area contributed by atoms with Crippen LogP contribution >= 0.6 is 15.9 Å². The highest BCUT2D eigenvalue weighted by atomic mass is 79.9. The quantitative estimate of drug-likeness (QED) is 0.466. The van der Waals surface area contributed by atoms with Gasteiger partial charge in [-0.3, -0.25) is 4.79 Å². The number of anilines is 1. The summed E-state index contributed by atoms with van der Waals surface area (Å²) in [6.07, 6.45) is 8.26. The highest BCUT2D eigenvalue weighted by Gasteiger charge is 2.22. The second-order valence-corrected chi connectivity index (χ2v) is 8.19. The van der Waals surface area contributed by atoms with Crippen molar-refractivity contribution in [3.8, 4) is 17.1 Å². The zero-order valence-electron chi connectivity index (χ0n) is 16.2. The monoisotopic (exact) mass is 465 g/mol. The smallest absolute Gasteiger partial charge is 0.257 e. The maximum Gasteiger partial charge on any atom is 0.257 e. The number of nitrogens with two attached hydrogens (primary N) is 1. The molecule has 1 aliphatic rings. The van der Waals surface area contributed by atoms with Crippen LogP contribution in [0.2, 0.25) is 0 Å². The molecule has 0 spiro atoms. The molecule has 1 amide bonds. The Hall–Kier alpha value is -3.20. The molecule has 0 bridgehead atoms. The first kappa shape index (κ1) is 18.8. The summed E-state index contributed by atoms with van der Waals surface area (Å²) in [5, 5.41) is 8.78. The van der Waals surface area contributed by atoms with E-state index < -0.39 is 0 Å². The molecule has 30 heavy (non-hydrogen) atoms. The van der Waals surface area contributed by atoms with E-state index in [2.05, 4.69) is 31.1 Å². The summed E-state index contributed by atoms with van der Waals surface area (Å²) in [7, 11) is 0. The lowest BCUT2D eigenvalue weighted by Crippen LogP contribution is -2.35. The molecule has 1 saturated heterocycles. The van der Waals surface area contributed by atoms with Crippen LogP contribution in [0.5, 0.6) is 0 Å². The van der Waals surface area contributed by atoms with E-state index in [0.29, 0.717) is 21.7 Å². The van der Waals surface area contributed by atoms with Gasteiger partial charge in [0, 0.05) is 18.7 Å². The van der Waals surface area contributed by atoms with Crippen LogP contribution in [0.4, 0.5) is 5.69 Å². The maximum atomic E-state index is 13.0. The van der Waals surface area contributed by atoms with Crippen LogP contribution in [0.1, 0.15) is 29.6 Å².